The lowest BCUT2D eigenvalue weighted by Gasteiger charge is -2.10. The Kier molecular flexibility index (Phi) is 5.89. The zero-order chi connectivity index (χ0) is 21.8. The van der Waals surface area contributed by atoms with Crippen molar-refractivity contribution in [2.45, 2.75) is 12.1 Å². The number of methoxy groups -OCH3 is 1. The van der Waals surface area contributed by atoms with E-state index in [0.717, 1.165) is 16.8 Å². The summed E-state index contributed by atoms with van der Waals surface area (Å²) in [5.41, 5.74) is 4.03. The molecule has 2 heterocycles. The molecule has 4 rings (SSSR count). The van der Waals surface area contributed by atoms with E-state index in [1.165, 1.54) is 16.4 Å². The number of ether oxygens (including phenoxy) is 1. The van der Waals surface area contributed by atoms with Gasteiger partial charge < -0.3 is 15.9 Å². The van der Waals surface area contributed by atoms with Crippen LogP contribution in [0.2, 0.25) is 0 Å². The van der Waals surface area contributed by atoms with Crippen molar-refractivity contribution in [1.82, 2.24) is 25.1 Å². The molecule has 10 heteroatoms. The second kappa shape index (κ2) is 8.92. The summed E-state index contributed by atoms with van der Waals surface area (Å²) in [6.45, 7) is 1.95. The molecule has 0 aliphatic carbocycles. The lowest BCUT2D eigenvalue weighted by Crippen LogP contribution is -2.17. The van der Waals surface area contributed by atoms with Crippen LogP contribution in [-0.2, 0) is 4.79 Å². The number of aromatic nitrogens is 5. The van der Waals surface area contributed by atoms with E-state index in [1.54, 1.807) is 7.11 Å². The van der Waals surface area contributed by atoms with E-state index in [2.05, 4.69) is 25.7 Å². The topological polar surface area (TPSA) is 124 Å². The smallest absolute Gasteiger partial charge is 0.234 e. The molecule has 0 unspecified atom stereocenters. The van der Waals surface area contributed by atoms with Crippen molar-refractivity contribution in [3.63, 3.8) is 0 Å². The molecule has 1 amide bonds. The van der Waals surface area contributed by atoms with Crippen LogP contribution in [0.1, 0.15) is 5.56 Å². The highest BCUT2D eigenvalue weighted by Crippen LogP contribution is 2.27. The van der Waals surface area contributed by atoms with Gasteiger partial charge in [-0.15, -0.1) is 10.2 Å². The Morgan fingerprint density at radius 2 is 2.00 bits per heavy atom. The molecule has 158 valence electrons. The maximum absolute atomic E-state index is 12.4. The number of carbonyl (C=O) groups is 1. The minimum atomic E-state index is -0.202. The number of benzene rings is 2. The predicted octanol–water partition coefficient (Wildman–Crippen LogP) is 3.10. The highest BCUT2D eigenvalue weighted by Gasteiger charge is 2.17. The van der Waals surface area contributed by atoms with Gasteiger partial charge in [0.15, 0.2) is 0 Å². The van der Waals surface area contributed by atoms with E-state index >= 15 is 0 Å². The molecule has 0 fully saturated rings. The highest BCUT2D eigenvalue weighted by molar-refractivity contribution is 7.99. The number of carbonyl (C=O) groups excluding carboxylic acids is 1. The lowest BCUT2D eigenvalue weighted by molar-refractivity contribution is -0.113. The van der Waals surface area contributed by atoms with Crippen molar-refractivity contribution < 1.29 is 9.53 Å². The number of amides is 1. The Bertz CT molecular complexity index is 1200. The Morgan fingerprint density at radius 3 is 2.77 bits per heavy atom. The van der Waals surface area contributed by atoms with Gasteiger partial charge in [0.25, 0.3) is 0 Å². The summed E-state index contributed by atoms with van der Waals surface area (Å²) in [5.74, 6) is 7.10. The fourth-order valence-corrected chi connectivity index (χ4v) is 3.64. The number of hydrogen-bond donors (Lipinski definition) is 3. The number of hydrogen-bond acceptors (Lipinski definition) is 7. The van der Waals surface area contributed by atoms with Crippen molar-refractivity contribution >= 4 is 23.4 Å². The van der Waals surface area contributed by atoms with E-state index in [-0.39, 0.29) is 11.7 Å². The van der Waals surface area contributed by atoms with Gasteiger partial charge in [0.05, 0.1) is 24.2 Å². The number of nitrogens with one attached hydrogen (secondary N) is 2. The number of H-pyrrole nitrogens is 1. The summed E-state index contributed by atoms with van der Waals surface area (Å²) in [6, 6.07) is 17.2. The average molecular weight is 436 g/mol. The number of thioether (sulfide) groups is 1. The van der Waals surface area contributed by atoms with Gasteiger partial charge in [-0.05, 0) is 30.7 Å². The first-order chi connectivity index (χ1) is 15.0. The minimum absolute atomic E-state index is 0.116. The van der Waals surface area contributed by atoms with Crippen molar-refractivity contribution in [3.05, 3.63) is 60.2 Å². The molecule has 9 nitrogen and oxygen atoms in total. The molecule has 2 aromatic carbocycles. The molecule has 4 aromatic rings. The molecule has 0 aliphatic heterocycles. The van der Waals surface area contributed by atoms with Crippen molar-refractivity contribution in [2.24, 2.45) is 0 Å². The van der Waals surface area contributed by atoms with Gasteiger partial charge in [-0.25, -0.2) is 4.68 Å². The van der Waals surface area contributed by atoms with Crippen molar-refractivity contribution in [2.75, 3.05) is 24.0 Å². The Morgan fingerprint density at radius 1 is 1.19 bits per heavy atom. The van der Waals surface area contributed by atoms with E-state index in [0.29, 0.717) is 28.1 Å². The van der Waals surface area contributed by atoms with E-state index in [4.69, 9.17) is 10.6 Å². The minimum Gasteiger partial charge on any atom is -0.495 e. The molecular weight excluding hydrogens is 414 g/mol. The fourth-order valence-electron chi connectivity index (χ4n) is 2.99. The van der Waals surface area contributed by atoms with Crippen LogP contribution in [0.5, 0.6) is 5.75 Å². The zero-order valence-electron chi connectivity index (χ0n) is 17.0. The first-order valence-electron chi connectivity index (χ1n) is 9.44. The number of aromatic amines is 1. The Balaban J connectivity index is 1.43. The van der Waals surface area contributed by atoms with Crippen LogP contribution in [-0.4, -0.2) is 43.8 Å². The maximum atomic E-state index is 12.4. The summed E-state index contributed by atoms with van der Waals surface area (Å²) in [5, 5.41) is 18.8. The summed E-state index contributed by atoms with van der Waals surface area (Å²) >= 11 is 1.19. The molecule has 0 aliphatic rings. The largest absolute Gasteiger partial charge is 0.495 e. The van der Waals surface area contributed by atoms with E-state index in [1.807, 2.05) is 61.5 Å². The van der Waals surface area contributed by atoms with Crippen LogP contribution >= 0.6 is 11.8 Å². The van der Waals surface area contributed by atoms with Crippen LogP contribution in [0.3, 0.4) is 0 Å². The summed E-state index contributed by atoms with van der Waals surface area (Å²) in [7, 11) is 1.56. The summed E-state index contributed by atoms with van der Waals surface area (Å²) in [6.07, 6.45) is 0. The summed E-state index contributed by atoms with van der Waals surface area (Å²) < 4.78 is 6.63. The zero-order valence-corrected chi connectivity index (χ0v) is 17.8. The third kappa shape index (κ3) is 4.53. The van der Waals surface area contributed by atoms with Gasteiger partial charge in [-0.1, -0.05) is 48.2 Å². The van der Waals surface area contributed by atoms with Gasteiger partial charge in [-0.3, -0.25) is 9.89 Å². The van der Waals surface area contributed by atoms with Gasteiger partial charge in [-0.2, -0.15) is 5.10 Å². The third-order valence-electron chi connectivity index (χ3n) is 4.51. The van der Waals surface area contributed by atoms with Gasteiger partial charge in [0.1, 0.15) is 11.4 Å². The Hall–Kier alpha value is -3.79. The molecule has 0 saturated heterocycles. The maximum Gasteiger partial charge on any atom is 0.234 e. The third-order valence-corrected chi connectivity index (χ3v) is 5.46. The average Bonchev–Trinajstić information content (AvgIpc) is 3.40. The normalized spacial score (nSPS) is 10.8. The summed E-state index contributed by atoms with van der Waals surface area (Å²) in [4.78, 5) is 12.4. The predicted molar refractivity (Wildman–Crippen MR) is 120 cm³/mol. The number of anilines is 1. The van der Waals surface area contributed by atoms with Crippen molar-refractivity contribution in [3.8, 4) is 28.5 Å². The molecule has 0 bridgehead atoms. The lowest BCUT2D eigenvalue weighted by atomic mass is 10.1. The standard InChI is InChI=1S/C21H21N7O2S/c1-13-8-9-18(30-2)16(10-13)23-19(29)12-31-21-27-26-20(28(21)22)17-11-15(24-25-17)14-6-4-3-5-7-14/h3-11H,12,22H2,1-2H3,(H,23,29)(H,24,25). The van der Waals surface area contributed by atoms with Gasteiger partial charge >= 0.3 is 0 Å². The van der Waals surface area contributed by atoms with Crippen LogP contribution in [0.15, 0.2) is 59.8 Å². The number of nitrogens with two attached hydrogens (primary N) is 1. The molecule has 0 atom stereocenters. The molecule has 31 heavy (non-hydrogen) atoms. The van der Waals surface area contributed by atoms with E-state index < -0.39 is 0 Å². The van der Waals surface area contributed by atoms with Crippen LogP contribution in [0.25, 0.3) is 22.8 Å². The fraction of sp³-hybridized carbons (Fsp3) is 0.143. The molecule has 4 N–H and O–H groups in total. The monoisotopic (exact) mass is 435 g/mol. The van der Waals surface area contributed by atoms with Gasteiger partial charge in [0.2, 0.25) is 16.9 Å². The van der Waals surface area contributed by atoms with Crippen molar-refractivity contribution in [1.29, 1.82) is 0 Å². The number of nitrogens with zero attached hydrogens (tertiary/aromatic N) is 4. The number of aryl methyl sites for hydroxylation is 1. The number of nitrogen functional groups attached to an aromatic ring is 1. The second-order valence-corrected chi connectivity index (χ2v) is 7.69. The first kappa shape index (κ1) is 20.5. The molecular formula is C21H21N7O2S. The molecule has 0 spiro atoms. The molecule has 2 aromatic heterocycles. The molecule has 0 saturated carbocycles. The van der Waals surface area contributed by atoms with Crippen LogP contribution < -0.4 is 15.9 Å². The highest BCUT2D eigenvalue weighted by atomic mass is 32.2. The quantitative estimate of drug-likeness (QED) is 0.301. The number of rotatable bonds is 7. The SMILES string of the molecule is COc1ccc(C)cc1NC(=O)CSc1nnc(-c2cc(-c3ccccc3)n[nH]2)n1N. The van der Waals surface area contributed by atoms with E-state index in [9.17, 15) is 4.79 Å². The Labute approximate surface area is 183 Å². The van der Waals surface area contributed by atoms with Crippen LogP contribution in [0.4, 0.5) is 5.69 Å². The van der Waals surface area contributed by atoms with Crippen LogP contribution in [0, 0.1) is 6.92 Å². The first-order valence-corrected chi connectivity index (χ1v) is 10.4. The molecule has 0 radical (unpaired) electrons. The second-order valence-electron chi connectivity index (χ2n) is 6.75. The van der Waals surface area contributed by atoms with Gasteiger partial charge in [0, 0.05) is 5.56 Å².